The first-order chi connectivity index (χ1) is 12.4. The van der Waals surface area contributed by atoms with Gasteiger partial charge in [-0.15, -0.1) is 0 Å². The van der Waals surface area contributed by atoms with Gasteiger partial charge in [0.15, 0.2) is 6.10 Å². The van der Waals surface area contributed by atoms with Gasteiger partial charge in [0.25, 0.3) is 5.91 Å². The summed E-state index contributed by atoms with van der Waals surface area (Å²) in [6.45, 7) is 1.34. The molecule has 142 valence electrons. The van der Waals surface area contributed by atoms with E-state index in [1.165, 1.54) is 25.1 Å². The van der Waals surface area contributed by atoms with Crippen molar-refractivity contribution in [3.8, 4) is 0 Å². The lowest BCUT2D eigenvalue weighted by molar-refractivity contribution is -0.153. The van der Waals surface area contributed by atoms with E-state index in [0.717, 1.165) is 32.1 Å². The highest BCUT2D eigenvalue weighted by molar-refractivity contribution is 6.31. The molecule has 26 heavy (non-hydrogen) atoms. The summed E-state index contributed by atoms with van der Waals surface area (Å²) in [6, 6.07) is 3.51. The van der Waals surface area contributed by atoms with Crippen LogP contribution in [0.1, 0.15) is 44.6 Å². The SMILES string of the molecule is C[C@H](OC(=O)Cc1c(F)cccc1Cl)C(=O)NC(=O)NC1CCCCC1. The van der Waals surface area contributed by atoms with E-state index in [0.29, 0.717) is 0 Å². The Morgan fingerprint density at radius 1 is 1.27 bits per heavy atom. The van der Waals surface area contributed by atoms with Crippen LogP contribution in [-0.2, 0) is 20.7 Å². The first-order valence-electron chi connectivity index (χ1n) is 8.60. The van der Waals surface area contributed by atoms with Crippen LogP contribution >= 0.6 is 11.6 Å². The molecular formula is C18H22ClFN2O4. The van der Waals surface area contributed by atoms with Crippen LogP contribution in [0.2, 0.25) is 5.02 Å². The van der Waals surface area contributed by atoms with Crippen LogP contribution < -0.4 is 10.6 Å². The second kappa shape index (κ2) is 9.52. The Morgan fingerprint density at radius 2 is 1.96 bits per heavy atom. The van der Waals surface area contributed by atoms with Crippen LogP contribution in [-0.4, -0.2) is 30.1 Å². The summed E-state index contributed by atoms with van der Waals surface area (Å²) in [5, 5.41) is 4.99. The summed E-state index contributed by atoms with van der Waals surface area (Å²) < 4.78 is 18.6. The van der Waals surface area contributed by atoms with Gasteiger partial charge in [0.2, 0.25) is 0 Å². The van der Waals surface area contributed by atoms with Gasteiger partial charge in [0.05, 0.1) is 6.42 Å². The molecule has 1 aromatic carbocycles. The molecule has 0 saturated heterocycles. The van der Waals surface area contributed by atoms with Crippen LogP contribution in [0.4, 0.5) is 9.18 Å². The van der Waals surface area contributed by atoms with Crippen molar-refractivity contribution in [2.45, 2.75) is 57.6 Å². The lowest BCUT2D eigenvalue weighted by Crippen LogP contribution is -2.48. The van der Waals surface area contributed by atoms with Crippen molar-refractivity contribution in [2.75, 3.05) is 0 Å². The maximum absolute atomic E-state index is 13.7. The highest BCUT2D eigenvalue weighted by Gasteiger charge is 2.23. The van der Waals surface area contributed by atoms with E-state index in [-0.39, 0.29) is 16.6 Å². The minimum atomic E-state index is -1.19. The number of carbonyl (C=O) groups excluding carboxylic acids is 3. The zero-order valence-corrected chi connectivity index (χ0v) is 15.3. The number of imide groups is 1. The second-order valence-corrected chi connectivity index (χ2v) is 6.71. The molecule has 1 aliphatic carbocycles. The molecule has 8 heteroatoms. The van der Waals surface area contributed by atoms with E-state index in [1.807, 2.05) is 0 Å². The van der Waals surface area contributed by atoms with Gasteiger partial charge in [-0.05, 0) is 31.9 Å². The highest BCUT2D eigenvalue weighted by atomic mass is 35.5. The summed E-state index contributed by atoms with van der Waals surface area (Å²) in [4.78, 5) is 35.7. The largest absolute Gasteiger partial charge is 0.452 e. The molecular weight excluding hydrogens is 363 g/mol. The number of benzene rings is 1. The average Bonchev–Trinajstić information content (AvgIpc) is 2.59. The monoisotopic (exact) mass is 384 g/mol. The Kier molecular flexibility index (Phi) is 7.38. The fraction of sp³-hybridized carbons (Fsp3) is 0.500. The Labute approximate surface area is 156 Å². The zero-order valence-electron chi connectivity index (χ0n) is 14.5. The van der Waals surface area contributed by atoms with Crippen molar-refractivity contribution in [1.82, 2.24) is 10.6 Å². The molecule has 2 N–H and O–H groups in total. The molecule has 0 unspecified atom stereocenters. The predicted molar refractivity (Wildman–Crippen MR) is 94.2 cm³/mol. The molecule has 1 fully saturated rings. The number of ether oxygens (including phenoxy) is 1. The molecule has 0 aromatic heterocycles. The third kappa shape index (κ3) is 5.98. The molecule has 1 saturated carbocycles. The van der Waals surface area contributed by atoms with Gasteiger partial charge in [-0.2, -0.15) is 0 Å². The van der Waals surface area contributed by atoms with Crippen molar-refractivity contribution in [3.63, 3.8) is 0 Å². The summed E-state index contributed by atoms with van der Waals surface area (Å²) in [5.41, 5.74) is 0.00168. The molecule has 1 atom stereocenters. The van der Waals surface area contributed by atoms with Crippen molar-refractivity contribution in [2.24, 2.45) is 0 Å². The van der Waals surface area contributed by atoms with E-state index in [1.54, 1.807) is 0 Å². The van der Waals surface area contributed by atoms with Gasteiger partial charge < -0.3 is 10.1 Å². The minimum absolute atomic E-state index is 0.00168. The van der Waals surface area contributed by atoms with Gasteiger partial charge in [0.1, 0.15) is 5.82 Å². The third-order valence-corrected chi connectivity index (χ3v) is 4.59. The molecule has 1 aliphatic rings. The predicted octanol–water partition coefficient (Wildman–Crippen LogP) is 3.11. The van der Waals surface area contributed by atoms with Gasteiger partial charge in [0, 0.05) is 16.6 Å². The van der Waals surface area contributed by atoms with Crippen LogP contribution in [0.15, 0.2) is 18.2 Å². The van der Waals surface area contributed by atoms with Crippen molar-refractivity contribution in [3.05, 3.63) is 34.6 Å². The Bertz CT molecular complexity index is 657. The summed E-state index contributed by atoms with van der Waals surface area (Å²) in [6.07, 6.45) is 3.42. The Morgan fingerprint density at radius 3 is 2.62 bits per heavy atom. The third-order valence-electron chi connectivity index (χ3n) is 4.24. The molecule has 0 aliphatic heterocycles. The lowest BCUT2D eigenvalue weighted by Gasteiger charge is -2.23. The first-order valence-corrected chi connectivity index (χ1v) is 8.98. The smallest absolute Gasteiger partial charge is 0.321 e. The lowest BCUT2D eigenvalue weighted by atomic mass is 9.96. The Balaban J connectivity index is 1.80. The number of hydrogen-bond donors (Lipinski definition) is 2. The maximum Gasteiger partial charge on any atom is 0.321 e. The fourth-order valence-corrected chi connectivity index (χ4v) is 3.05. The summed E-state index contributed by atoms with van der Waals surface area (Å²) >= 11 is 5.85. The minimum Gasteiger partial charge on any atom is -0.452 e. The molecule has 1 aromatic rings. The molecule has 2 rings (SSSR count). The maximum atomic E-state index is 13.7. The Hall–Kier alpha value is -2.15. The first kappa shape index (κ1) is 20.2. The van der Waals surface area contributed by atoms with Crippen LogP contribution in [0.5, 0.6) is 0 Å². The van der Waals surface area contributed by atoms with Gasteiger partial charge in [-0.1, -0.05) is 36.9 Å². The number of esters is 1. The van der Waals surface area contributed by atoms with Gasteiger partial charge in [-0.3, -0.25) is 14.9 Å². The van der Waals surface area contributed by atoms with E-state index in [9.17, 15) is 18.8 Å². The normalized spacial score (nSPS) is 15.8. The highest BCUT2D eigenvalue weighted by Crippen LogP contribution is 2.20. The second-order valence-electron chi connectivity index (χ2n) is 6.31. The standard InChI is InChI=1S/C18H22ClFN2O4/c1-11(17(24)22-18(25)21-12-6-3-2-4-7-12)26-16(23)10-13-14(19)8-5-9-15(13)20/h5,8-9,11-12H,2-4,6-7,10H2,1H3,(H2,21,22,24,25)/t11-/m0/s1. The zero-order chi connectivity index (χ0) is 19.1. The quantitative estimate of drug-likeness (QED) is 0.764. The van der Waals surface area contributed by atoms with Crippen LogP contribution in [0.3, 0.4) is 0 Å². The molecule has 0 radical (unpaired) electrons. The van der Waals surface area contributed by atoms with Crippen LogP contribution in [0, 0.1) is 5.82 Å². The van der Waals surface area contributed by atoms with E-state index < -0.39 is 36.2 Å². The number of halogens is 2. The molecule has 0 spiro atoms. The van der Waals surface area contributed by atoms with E-state index >= 15 is 0 Å². The molecule has 6 nitrogen and oxygen atoms in total. The van der Waals surface area contributed by atoms with E-state index in [4.69, 9.17) is 16.3 Å². The number of rotatable bonds is 5. The number of amides is 3. The van der Waals surface area contributed by atoms with E-state index in [2.05, 4.69) is 10.6 Å². The topological polar surface area (TPSA) is 84.5 Å². The summed E-state index contributed by atoms with van der Waals surface area (Å²) in [5.74, 6) is -2.18. The van der Waals surface area contributed by atoms with Crippen molar-refractivity contribution >= 4 is 29.5 Å². The average molecular weight is 385 g/mol. The number of carbonyl (C=O) groups is 3. The van der Waals surface area contributed by atoms with Crippen molar-refractivity contribution < 1.29 is 23.5 Å². The molecule has 0 heterocycles. The molecule has 3 amide bonds. The summed E-state index contributed by atoms with van der Waals surface area (Å²) in [7, 11) is 0. The van der Waals surface area contributed by atoms with Crippen LogP contribution in [0.25, 0.3) is 0 Å². The fourth-order valence-electron chi connectivity index (χ4n) is 2.82. The number of nitrogens with one attached hydrogen (secondary N) is 2. The number of urea groups is 1. The van der Waals surface area contributed by atoms with Crippen molar-refractivity contribution in [1.29, 1.82) is 0 Å². The van der Waals surface area contributed by atoms with Gasteiger partial charge >= 0.3 is 12.0 Å². The molecule has 0 bridgehead atoms. The number of hydrogen-bond acceptors (Lipinski definition) is 4. The van der Waals surface area contributed by atoms with Gasteiger partial charge in [-0.25, -0.2) is 9.18 Å².